The van der Waals surface area contributed by atoms with Crippen molar-refractivity contribution in [3.63, 3.8) is 0 Å². The third kappa shape index (κ3) is 5.88. The van der Waals surface area contributed by atoms with Crippen LogP contribution < -0.4 is 27.4 Å². The summed E-state index contributed by atoms with van der Waals surface area (Å²) in [5.41, 5.74) is 12.6. The van der Waals surface area contributed by atoms with Crippen molar-refractivity contribution in [1.82, 2.24) is 16.0 Å². The molecule has 0 saturated heterocycles. The van der Waals surface area contributed by atoms with E-state index in [1.165, 1.54) is 51.4 Å². The summed E-state index contributed by atoms with van der Waals surface area (Å²) in [5, 5.41) is 10.9. The first kappa shape index (κ1) is 17.7. The van der Waals surface area contributed by atoms with Gasteiger partial charge in [-0.1, -0.05) is 32.3 Å². The minimum Gasteiger partial charge on any atom is -0.401 e. The predicted octanol–water partition coefficient (Wildman–Crippen LogP) is 0.809. The largest absolute Gasteiger partial charge is 0.401 e. The Labute approximate surface area is 135 Å². The smallest absolute Gasteiger partial charge is 0.0348 e. The number of nitrogens with two attached hydrogens (primary N) is 2. The van der Waals surface area contributed by atoms with Crippen LogP contribution in [0.1, 0.15) is 51.4 Å². The fourth-order valence-electron chi connectivity index (χ4n) is 3.81. The van der Waals surface area contributed by atoms with Crippen molar-refractivity contribution < 1.29 is 0 Å². The first-order chi connectivity index (χ1) is 10.7. The van der Waals surface area contributed by atoms with Crippen molar-refractivity contribution in [2.45, 2.75) is 75.5 Å². The summed E-state index contributed by atoms with van der Waals surface area (Å²) in [6.45, 7) is 6.51. The van der Waals surface area contributed by atoms with E-state index in [9.17, 15) is 0 Å². The van der Waals surface area contributed by atoms with E-state index in [4.69, 9.17) is 11.5 Å². The van der Waals surface area contributed by atoms with Gasteiger partial charge in [0.1, 0.15) is 0 Å². The summed E-state index contributed by atoms with van der Waals surface area (Å²) >= 11 is 0. The van der Waals surface area contributed by atoms with Gasteiger partial charge in [0.2, 0.25) is 0 Å². The van der Waals surface area contributed by atoms with E-state index >= 15 is 0 Å². The molecule has 0 bridgehead atoms. The minimum atomic E-state index is 0.341. The monoisotopic (exact) mass is 309 g/mol. The zero-order valence-electron chi connectivity index (χ0n) is 13.9. The minimum absolute atomic E-state index is 0.341. The van der Waals surface area contributed by atoms with E-state index in [0.717, 1.165) is 25.3 Å². The molecule has 0 spiro atoms. The summed E-state index contributed by atoms with van der Waals surface area (Å²) in [4.78, 5) is 0. The van der Waals surface area contributed by atoms with Crippen molar-refractivity contribution in [1.29, 1.82) is 0 Å². The molecule has 5 nitrogen and oxygen atoms in total. The van der Waals surface area contributed by atoms with Crippen molar-refractivity contribution >= 4 is 0 Å². The molecule has 0 aliphatic heterocycles. The van der Waals surface area contributed by atoms with Gasteiger partial charge in [0.25, 0.3) is 0 Å². The van der Waals surface area contributed by atoms with Gasteiger partial charge in [-0.05, 0) is 25.7 Å². The highest BCUT2D eigenvalue weighted by molar-refractivity contribution is 4.94. The van der Waals surface area contributed by atoms with Crippen LogP contribution >= 0.6 is 0 Å². The molecule has 0 aromatic heterocycles. The molecule has 2 fully saturated rings. The highest BCUT2D eigenvalue weighted by atomic mass is 15.1. The third-order valence-electron chi connectivity index (χ3n) is 5.11. The number of nitrogens with one attached hydrogen (secondary N) is 3. The molecule has 22 heavy (non-hydrogen) atoms. The highest BCUT2D eigenvalue weighted by Crippen LogP contribution is 2.19. The first-order valence-electron chi connectivity index (χ1n) is 9.06. The average Bonchev–Trinajstić information content (AvgIpc) is 2.52. The molecule has 2 aliphatic carbocycles. The van der Waals surface area contributed by atoms with Crippen LogP contribution in [0.15, 0.2) is 12.3 Å². The van der Waals surface area contributed by atoms with Crippen LogP contribution in [-0.4, -0.2) is 43.8 Å². The van der Waals surface area contributed by atoms with Gasteiger partial charge in [0.05, 0.1) is 0 Å². The van der Waals surface area contributed by atoms with Gasteiger partial charge in [-0.2, -0.15) is 0 Å². The molecular formula is C17H35N5. The predicted molar refractivity (Wildman–Crippen MR) is 93.6 cm³/mol. The lowest BCUT2D eigenvalue weighted by molar-refractivity contribution is 0.281. The fourth-order valence-corrected chi connectivity index (χ4v) is 3.81. The Bertz CT molecular complexity index is 333. The quantitative estimate of drug-likeness (QED) is 0.428. The molecule has 2 saturated carbocycles. The Kier molecular flexibility index (Phi) is 7.66. The molecule has 0 amide bonds. The second kappa shape index (κ2) is 9.50. The number of rotatable bonds is 8. The number of hydrogen-bond acceptors (Lipinski definition) is 5. The van der Waals surface area contributed by atoms with Gasteiger partial charge in [-0.3, -0.25) is 0 Å². The molecule has 2 rings (SSSR count). The standard InChI is InChI=1S/C17H35N5/c1-13(18)12-22-17-9-5-4-8-16(17)21-11-10-20-15-7-3-2-6-14(15)19/h14-17,20-22H,1-12,18-19H2/t14-,15-,16-,17-/m0/s1. The van der Waals surface area contributed by atoms with E-state index in [1.807, 2.05) is 0 Å². The van der Waals surface area contributed by atoms with Gasteiger partial charge in [0.15, 0.2) is 0 Å². The van der Waals surface area contributed by atoms with Gasteiger partial charge >= 0.3 is 0 Å². The Balaban J connectivity index is 1.64. The Morgan fingerprint density at radius 3 is 1.91 bits per heavy atom. The van der Waals surface area contributed by atoms with Gasteiger partial charge in [-0.15, -0.1) is 0 Å². The van der Waals surface area contributed by atoms with Gasteiger partial charge in [-0.25, -0.2) is 0 Å². The summed E-state index contributed by atoms with van der Waals surface area (Å²) in [6, 6.07) is 1.92. The van der Waals surface area contributed by atoms with Crippen LogP contribution in [0.4, 0.5) is 0 Å². The van der Waals surface area contributed by atoms with Gasteiger partial charge < -0.3 is 27.4 Å². The molecule has 0 unspecified atom stereocenters. The van der Waals surface area contributed by atoms with E-state index in [2.05, 4.69) is 22.5 Å². The lowest BCUT2D eigenvalue weighted by Crippen LogP contribution is -2.53. The molecule has 0 aromatic rings. The second-order valence-corrected chi connectivity index (χ2v) is 7.00. The summed E-state index contributed by atoms with van der Waals surface area (Å²) in [6.07, 6.45) is 10.1. The molecule has 4 atom stereocenters. The molecular weight excluding hydrogens is 274 g/mol. The maximum atomic E-state index is 6.18. The van der Waals surface area contributed by atoms with Crippen molar-refractivity contribution in [2.75, 3.05) is 19.6 Å². The van der Waals surface area contributed by atoms with Crippen molar-refractivity contribution in [3.8, 4) is 0 Å². The maximum absolute atomic E-state index is 6.18. The van der Waals surface area contributed by atoms with Gasteiger partial charge in [0, 0.05) is 49.5 Å². The normalized spacial score (nSPS) is 32.8. The van der Waals surface area contributed by atoms with Crippen LogP contribution in [0.25, 0.3) is 0 Å². The summed E-state index contributed by atoms with van der Waals surface area (Å²) < 4.78 is 0. The molecule has 7 N–H and O–H groups in total. The van der Waals surface area contributed by atoms with E-state index < -0.39 is 0 Å². The molecule has 128 valence electrons. The highest BCUT2D eigenvalue weighted by Gasteiger charge is 2.24. The summed E-state index contributed by atoms with van der Waals surface area (Å²) in [5.74, 6) is 0. The summed E-state index contributed by atoms with van der Waals surface area (Å²) in [7, 11) is 0. The van der Waals surface area contributed by atoms with Crippen LogP contribution in [0.2, 0.25) is 0 Å². The average molecular weight is 310 g/mol. The molecule has 0 aromatic carbocycles. The zero-order valence-corrected chi connectivity index (χ0v) is 13.9. The number of hydrogen-bond donors (Lipinski definition) is 5. The molecule has 0 heterocycles. The second-order valence-electron chi connectivity index (χ2n) is 7.00. The van der Waals surface area contributed by atoms with Crippen molar-refractivity contribution in [2.24, 2.45) is 11.5 Å². The Morgan fingerprint density at radius 2 is 1.32 bits per heavy atom. The third-order valence-corrected chi connectivity index (χ3v) is 5.11. The Morgan fingerprint density at radius 1 is 0.818 bits per heavy atom. The van der Waals surface area contributed by atoms with Crippen molar-refractivity contribution in [3.05, 3.63) is 12.3 Å². The SMILES string of the molecule is C=C(N)CN[C@H]1CCCC[C@@H]1NCCN[C@H]1CCCC[C@@H]1N. The van der Waals surface area contributed by atoms with Crippen LogP contribution in [0, 0.1) is 0 Å². The molecule has 5 heteroatoms. The first-order valence-corrected chi connectivity index (χ1v) is 9.06. The topological polar surface area (TPSA) is 88.1 Å². The zero-order chi connectivity index (χ0) is 15.8. The van der Waals surface area contributed by atoms with Crippen LogP contribution in [0.3, 0.4) is 0 Å². The Hall–Kier alpha value is -0.620. The van der Waals surface area contributed by atoms with E-state index in [-0.39, 0.29) is 0 Å². The van der Waals surface area contributed by atoms with Crippen LogP contribution in [0.5, 0.6) is 0 Å². The van der Waals surface area contributed by atoms with E-state index in [0.29, 0.717) is 24.2 Å². The maximum Gasteiger partial charge on any atom is 0.0348 e. The lowest BCUT2D eigenvalue weighted by atomic mass is 9.90. The molecule has 0 radical (unpaired) electrons. The fraction of sp³-hybridized carbons (Fsp3) is 0.882. The lowest BCUT2D eigenvalue weighted by Gasteiger charge is -2.34. The van der Waals surface area contributed by atoms with E-state index in [1.54, 1.807) is 0 Å². The molecule has 2 aliphatic rings. The van der Waals surface area contributed by atoms with Crippen LogP contribution in [-0.2, 0) is 0 Å².